The molecule has 0 aliphatic carbocycles. The molecule has 18 heavy (non-hydrogen) atoms. The standard InChI is InChI=1S/C7H16N2.C7H18N2/c8-4-7-9-5-2-1-3-6-9;1-4-9(5-2)6-7(3)8/h1-8H2;7H,4-6,8H2,1-3H3. The SMILES string of the molecule is CCN(CC)CC(C)N.NCCN1CCCCC1. The van der Waals surface area contributed by atoms with Gasteiger partial charge in [-0.15, -0.1) is 0 Å². The van der Waals surface area contributed by atoms with Crippen LogP contribution in [-0.2, 0) is 0 Å². The molecule has 4 N–H and O–H groups in total. The molecule has 1 fully saturated rings. The molecule has 1 aliphatic rings. The molecule has 1 rings (SSSR count). The van der Waals surface area contributed by atoms with E-state index in [2.05, 4.69) is 23.6 Å². The lowest BCUT2D eigenvalue weighted by Crippen LogP contribution is -2.35. The van der Waals surface area contributed by atoms with Crippen LogP contribution >= 0.6 is 0 Å². The fraction of sp³-hybridized carbons (Fsp3) is 1.00. The van der Waals surface area contributed by atoms with Crippen molar-refractivity contribution in [1.29, 1.82) is 0 Å². The highest BCUT2D eigenvalue weighted by molar-refractivity contribution is 4.63. The molecule has 110 valence electrons. The molecule has 0 spiro atoms. The van der Waals surface area contributed by atoms with Gasteiger partial charge < -0.3 is 21.3 Å². The molecule has 1 aliphatic heterocycles. The zero-order chi connectivity index (χ0) is 13.8. The minimum absolute atomic E-state index is 0.310. The van der Waals surface area contributed by atoms with Crippen molar-refractivity contribution in [2.75, 3.05) is 45.8 Å². The predicted molar refractivity (Wildman–Crippen MR) is 80.8 cm³/mol. The summed E-state index contributed by atoms with van der Waals surface area (Å²) in [6.07, 6.45) is 4.17. The third kappa shape index (κ3) is 9.83. The molecule has 0 radical (unpaired) electrons. The van der Waals surface area contributed by atoms with Crippen LogP contribution in [0.5, 0.6) is 0 Å². The molecule has 1 unspecified atom stereocenters. The van der Waals surface area contributed by atoms with Gasteiger partial charge in [0.05, 0.1) is 0 Å². The Bertz CT molecular complexity index is 160. The van der Waals surface area contributed by atoms with E-state index in [1.807, 2.05) is 6.92 Å². The van der Waals surface area contributed by atoms with Gasteiger partial charge in [-0.3, -0.25) is 0 Å². The Morgan fingerprint density at radius 1 is 1.11 bits per heavy atom. The van der Waals surface area contributed by atoms with Crippen molar-refractivity contribution in [3.63, 3.8) is 0 Å². The van der Waals surface area contributed by atoms with Gasteiger partial charge in [0.25, 0.3) is 0 Å². The largest absolute Gasteiger partial charge is 0.329 e. The highest BCUT2D eigenvalue weighted by Gasteiger charge is 2.07. The van der Waals surface area contributed by atoms with Gasteiger partial charge in [0.1, 0.15) is 0 Å². The zero-order valence-corrected chi connectivity index (χ0v) is 12.7. The van der Waals surface area contributed by atoms with Gasteiger partial charge in [0.2, 0.25) is 0 Å². The van der Waals surface area contributed by atoms with Crippen LogP contribution in [-0.4, -0.2) is 61.7 Å². The van der Waals surface area contributed by atoms with Gasteiger partial charge in [0.15, 0.2) is 0 Å². The van der Waals surface area contributed by atoms with E-state index < -0.39 is 0 Å². The third-order valence-electron chi connectivity index (χ3n) is 3.33. The minimum atomic E-state index is 0.310. The number of rotatable bonds is 6. The van der Waals surface area contributed by atoms with E-state index in [1.54, 1.807) is 0 Å². The lowest BCUT2D eigenvalue weighted by atomic mass is 10.1. The third-order valence-corrected chi connectivity index (χ3v) is 3.33. The lowest BCUT2D eigenvalue weighted by molar-refractivity contribution is 0.235. The highest BCUT2D eigenvalue weighted by Crippen LogP contribution is 2.06. The molecule has 1 heterocycles. The van der Waals surface area contributed by atoms with Crippen molar-refractivity contribution in [2.45, 2.75) is 46.1 Å². The number of piperidine rings is 1. The van der Waals surface area contributed by atoms with Crippen LogP contribution in [0.15, 0.2) is 0 Å². The second-order valence-electron chi connectivity index (χ2n) is 5.15. The summed E-state index contributed by atoms with van der Waals surface area (Å²) in [4.78, 5) is 4.77. The fourth-order valence-electron chi connectivity index (χ4n) is 2.25. The Balaban J connectivity index is 0.000000321. The first-order valence-electron chi connectivity index (χ1n) is 7.54. The summed E-state index contributed by atoms with van der Waals surface area (Å²) in [5, 5.41) is 0. The van der Waals surface area contributed by atoms with Crippen LogP contribution in [0.2, 0.25) is 0 Å². The van der Waals surface area contributed by atoms with Gasteiger partial charge in [-0.1, -0.05) is 20.3 Å². The van der Waals surface area contributed by atoms with Crippen molar-refractivity contribution in [2.24, 2.45) is 11.5 Å². The Hall–Kier alpha value is -0.160. The normalized spacial score (nSPS) is 18.3. The van der Waals surface area contributed by atoms with Gasteiger partial charge in [-0.05, 0) is 45.9 Å². The molecular formula is C14H34N4. The first-order valence-corrected chi connectivity index (χ1v) is 7.54. The number of hydrogen-bond donors (Lipinski definition) is 2. The maximum atomic E-state index is 5.60. The molecule has 0 saturated carbocycles. The van der Waals surface area contributed by atoms with Crippen LogP contribution < -0.4 is 11.5 Å². The maximum Gasteiger partial charge on any atom is 0.0139 e. The van der Waals surface area contributed by atoms with Crippen molar-refractivity contribution in [1.82, 2.24) is 9.80 Å². The topological polar surface area (TPSA) is 58.5 Å². The summed E-state index contributed by atoms with van der Waals surface area (Å²) >= 11 is 0. The lowest BCUT2D eigenvalue weighted by Gasteiger charge is -2.25. The van der Waals surface area contributed by atoms with Gasteiger partial charge in [-0.2, -0.15) is 0 Å². The van der Waals surface area contributed by atoms with Crippen LogP contribution in [0.25, 0.3) is 0 Å². The Kier molecular flexibility index (Phi) is 11.8. The second-order valence-corrected chi connectivity index (χ2v) is 5.15. The zero-order valence-electron chi connectivity index (χ0n) is 12.7. The number of nitrogens with zero attached hydrogens (tertiary/aromatic N) is 2. The van der Waals surface area contributed by atoms with E-state index in [9.17, 15) is 0 Å². The van der Waals surface area contributed by atoms with Crippen molar-refractivity contribution in [3.8, 4) is 0 Å². The van der Waals surface area contributed by atoms with Gasteiger partial charge in [0, 0.05) is 25.7 Å². The van der Waals surface area contributed by atoms with Crippen LogP contribution in [0.1, 0.15) is 40.0 Å². The van der Waals surface area contributed by atoms with Gasteiger partial charge in [-0.25, -0.2) is 0 Å². The summed E-state index contributed by atoms with van der Waals surface area (Å²) < 4.78 is 0. The molecule has 4 heteroatoms. The fourth-order valence-corrected chi connectivity index (χ4v) is 2.25. The molecule has 0 bridgehead atoms. The summed E-state index contributed by atoms with van der Waals surface area (Å²) in [7, 11) is 0. The molecule has 0 aromatic carbocycles. The van der Waals surface area contributed by atoms with Crippen molar-refractivity contribution in [3.05, 3.63) is 0 Å². The van der Waals surface area contributed by atoms with E-state index in [4.69, 9.17) is 11.5 Å². The number of likely N-dealkylation sites (tertiary alicyclic amines) is 1. The van der Waals surface area contributed by atoms with E-state index in [-0.39, 0.29) is 0 Å². The van der Waals surface area contributed by atoms with E-state index in [1.165, 1.54) is 32.4 Å². The summed E-state index contributed by atoms with van der Waals surface area (Å²) in [5.74, 6) is 0. The maximum absolute atomic E-state index is 5.60. The Labute approximate surface area is 114 Å². The average Bonchev–Trinajstić information content (AvgIpc) is 2.38. The number of hydrogen-bond acceptors (Lipinski definition) is 4. The minimum Gasteiger partial charge on any atom is -0.329 e. The van der Waals surface area contributed by atoms with E-state index >= 15 is 0 Å². The second kappa shape index (κ2) is 11.9. The summed E-state index contributed by atoms with van der Waals surface area (Å²) in [6, 6.07) is 0.310. The van der Waals surface area contributed by atoms with E-state index in [0.717, 1.165) is 32.7 Å². The molecule has 4 nitrogen and oxygen atoms in total. The summed E-state index contributed by atoms with van der Waals surface area (Å²) in [6.45, 7) is 14.1. The van der Waals surface area contributed by atoms with Crippen LogP contribution in [0.3, 0.4) is 0 Å². The van der Waals surface area contributed by atoms with Gasteiger partial charge >= 0.3 is 0 Å². The Morgan fingerprint density at radius 2 is 1.67 bits per heavy atom. The molecule has 1 saturated heterocycles. The van der Waals surface area contributed by atoms with Crippen LogP contribution in [0, 0.1) is 0 Å². The molecule has 0 aromatic rings. The van der Waals surface area contributed by atoms with E-state index in [0.29, 0.717) is 6.04 Å². The Morgan fingerprint density at radius 3 is 2.00 bits per heavy atom. The molecule has 0 aromatic heterocycles. The predicted octanol–water partition coefficient (Wildman–Crippen LogP) is 1.11. The smallest absolute Gasteiger partial charge is 0.0139 e. The highest BCUT2D eigenvalue weighted by atomic mass is 15.1. The summed E-state index contributed by atoms with van der Waals surface area (Å²) in [5.41, 5.74) is 11.0. The first kappa shape index (κ1) is 17.8. The first-order chi connectivity index (χ1) is 8.63. The van der Waals surface area contributed by atoms with Crippen LogP contribution in [0.4, 0.5) is 0 Å². The molecular weight excluding hydrogens is 224 g/mol. The monoisotopic (exact) mass is 258 g/mol. The quantitative estimate of drug-likeness (QED) is 0.749. The number of nitrogens with two attached hydrogens (primary N) is 2. The average molecular weight is 258 g/mol. The number of likely N-dealkylation sites (N-methyl/N-ethyl adjacent to an activating group) is 1. The van der Waals surface area contributed by atoms with Crippen molar-refractivity contribution >= 4 is 0 Å². The van der Waals surface area contributed by atoms with Crippen molar-refractivity contribution < 1.29 is 0 Å². The molecule has 0 amide bonds. The molecule has 1 atom stereocenters.